The Morgan fingerprint density at radius 3 is 2.58 bits per heavy atom. The van der Waals surface area contributed by atoms with Gasteiger partial charge in [-0.05, 0) is 26.2 Å². The molecule has 0 atom stereocenters. The summed E-state index contributed by atoms with van der Waals surface area (Å²) in [6.07, 6.45) is 1.76. The van der Waals surface area contributed by atoms with Crippen LogP contribution in [0.1, 0.15) is 30.3 Å². The first kappa shape index (κ1) is 12.3. The number of nitrogens with one attached hydrogen (secondary N) is 1. The highest BCUT2D eigenvalue weighted by Crippen LogP contribution is 2.50. The number of urea groups is 1. The Kier molecular flexibility index (Phi) is 2.50. The molecule has 1 aromatic rings. The fraction of sp³-hybridized carbons (Fsp3) is 0.500. The second-order valence-electron chi connectivity index (χ2n) is 4.83. The first-order valence-electron chi connectivity index (χ1n) is 6.16. The molecule has 1 spiro atoms. The van der Waals surface area contributed by atoms with Gasteiger partial charge in [0.15, 0.2) is 0 Å². The lowest BCUT2D eigenvalue weighted by Gasteiger charge is -2.28. The minimum absolute atomic E-state index is 0.357. The van der Waals surface area contributed by atoms with E-state index in [0.717, 1.165) is 21.9 Å². The molecular formula is C12H13N3O3S. The van der Waals surface area contributed by atoms with E-state index < -0.39 is 23.3 Å². The van der Waals surface area contributed by atoms with Crippen LogP contribution in [0.5, 0.6) is 0 Å². The number of amides is 4. The van der Waals surface area contributed by atoms with E-state index in [1.807, 2.05) is 13.8 Å². The molecule has 7 heteroatoms. The molecule has 0 aromatic carbocycles. The molecule has 0 radical (unpaired) electrons. The van der Waals surface area contributed by atoms with Crippen LogP contribution in [-0.4, -0.2) is 22.8 Å². The number of nitrogens with zero attached hydrogens (tertiary/aromatic N) is 2. The van der Waals surface area contributed by atoms with Crippen molar-refractivity contribution in [3.63, 3.8) is 0 Å². The molecule has 4 amide bonds. The van der Waals surface area contributed by atoms with E-state index in [9.17, 15) is 14.4 Å². The van der Waals surface area contributed by atoms with Crippen molar-refractivity contribution in [2.24, 2.45) is 5.41 Å². The van der Waals surface area contributed by atoms with Crippen LogP contribution >= 0.6 is 11.3 Å². The molecule has 100 valence electrons. The van der Waals surface area contributed by atoms with Gasteiger partial charge in [0.1, 0.15) is 5.41 Å². The summed E-state index contributed by atoms with van der Waals surface area (Å²) in [4.78, 5) is 42.3. The molecule has 1 N–H and O–H groups in total. The molecule has 6 nitrogen and oxygen atoms in total. The van der Waals surface area contributed by atoms with E-state index in [2.05, 4.69) is 10.3 Å². The molecule has 1 saturated heterocycles. The van der Waals surface area contributed by atoms with Crippen LogP contribution in [0.2, 0.25) is 0 Å². The van der Waals surface area contributed by atoms with E-state index >= 15 is 0 Å². The number of carbonyl (C=O) groups is 3. The third-order valence-corrected chi connectivity index (χ3v) is 4.63. The van der Waals surface area contributed by atoms with Gasteiger partial charge in [-0.3, -0.25) is 14.9 Å². The number of carbonyl (C=O) groups excluding carboxylic acids is 3. The summed E-state index contributed by atoms with van der Waals surface area (Å²) in [5.74, 6) is -0.902. The van der Waals surface area contributed by atoms with Gasteiger partial charge in [0.05, 0.1) is 5.69 Å². The number of hydrogen-bond donors (Lipinski definition) is 1. The quantitative estimate of drug-likeness (QED) is 0.829. The summed E-state index contributed by atoms with van der Waals surface area (Å²) in [5.41, 5.74) is -0.137. The molecule has 2 fully saturated rings. The highest BCUT2D eigenvalue weighted by molar-refractivity contribution is 7.16. The molecule has 0 unspecified atom stereocenters. The van der Waals surface area contributed by atoms with Gasteiger partial charge in [-0.2, -0.15) is 0 Å². The summed E-state index contributed by atoms with van der Waals surface area (Å²) < 4.78 is 0. The van der Waals surface area contributed by atoms with Crippen molar-refractivity contribution in [3.8, 4) is 0 Å². The van der Waals surface area contributed by atoms with Crippen LogP contribution in [0.4, 0.5) is 9.93 Å². The van der Waals surface area contributed by atoms with E-state index in [-0.39, 0.29) is 0 Å². The molecule has 1 saturated carbocycles. The molecule has 3 rings (SSSR count). The van der Waals surface area contributed by atoms with Gasteiger partial charge < -0.3 is 0 Å². The first-order valence-corrected chi connectivity index (χ1v) is 6.97. The van der Waals surface area contributed by atoms with Gasteiger partial charge >= 0.3 is 6.03 Å². The van der Waals surface area contributed by atoms with Crippen LogP contribution in [0, 0.1) is 12.3 Å². The second kappa shape index (κ2) is 3.86. The van der Waals surface area contributed by atoms with Crippen molar-refractivity contribution >= 4 is 34.3 Å². The number of anilines is 1. The average Bonchev–Trinajstić information content (AvgIpc) is 3.08. The van der Waals surface area contributed by atoms with Crippen LogP contribution in [0.15, 0.2) is 0 Å². The molecule has 0 bridgehead atoms. The van der Waals surface area contributed by atoms with Gasteiger partial charge in [-0.25, -0.2) is 14.7 Å². The fourth-order valence-corrected chi connectivity index (χ4v) is 3.25. The monoisotopic (exact) mass is 279 g/mol. The zero-order chi connectivity index (χ0) is 13.8. The number of hydrogen-bond acceptors (Lipinski definition) is 5. The summed E-state index contributed by atoms with van der Waals surface area (Å²) in [6, 6.07) is -0.691. The Labute approximate surface area is 113 Å². The van der Waals surface area contributed by atoms with Crippen molar-refractivity contribution in [3.05, 3.63) is 10.6 Å². The van der Waals surface area contributed by atoms with E-state index in [1.54, 1.807) is 0 Å². The van der Waals surface area contributed by atoms with Gasteiger partial charge in [-0.15, -0.1) is 11.3 Å². The minimum Gasteiger partial charge on any atom is -0.276 e. The Balaban J connectivity index is 2.01. The number of thiazole rings is 1. The minimum atomic E-state index is -1.01. The lowest BCUT2D eigenvalue weighted by atomic mass is 10.0. The predicted molar refractivity (Wildman–Crippen MR) is 68.9 cm³/mol. The van der Waals surface area contributed by atoms with Crippen molar-refractivity contribution in [1.29, 1.82) is 0 Å². The Hall–Kier alpha value is -1.76. The summed E-state index contributed by atoms with van der Waals surface area (Å²) in [7, 11) is 0. The van der Waals surface area contributed by atoms with Gasteiger partial charge in [0.2, 0.25) is 11.0 Å². The maximum Gasteiger partial charge on any atom is 0.337 e. The number of aryl methyl sites for hydroxylation is 2. The Morgan fingerprint density at radius 1 is 1.37 bits per heavy atom. The topological polar surface area (TPSA) is 79.4 Å². The number of aromatic nitrogens is 1. The maximum atomic E-state index is 12.4. The standard InChI is InChI=1S/C12H13N3O3S/c1-3-7-6(2)19-11(13-7)15-9(17)12(4-5-12)8(16)14-10(15)18/h3-5H2,1-2H3,(H,14,16,18). The van der Waals surface area contributed by atoms with Crippen molar-refractivity contribution in [2.45, 2.75) is 33.1 Å². The lowest BCUT2D eigenvalue weighted by Crippen LogP contribution is -2.59. The average molecular weight is 279 g/mol. The molecule has 1 aromatic heterocycles. The summed E-state index contributed by atoms with van der Waals surface area (Å²) >= 11 is 1.30. The smallest absolute Gasteiger partial charge is 0.276 e. The van der Waals surface area contributed by atoms with Crippen LogP contribution < -0.4 is 10.2 Å². The van der Waals surface area contributed by atoms with Crippen LogP contribution in [-0.2, 0) is 16.0 Å². The van der Waals surface area contributed by atoms with Gasteiger partial charge in [0, 0.05) is 4.88 Å². The number of imide groups is 2. The maximum absolute atomic E-state index is 12.4. The van der Waals surface area contributed by atoms with Crippen LogP contribution in [0.25, 0.3) is 0 Å². The van der Waals surface area contributed by atoms with Crippen molar-refractivity contribution in [1.82, 2.24) is 10.3 Å². The first-order chi connectivity index (χ1) is 8.99. The molecule has 2 aliphatic rings. The zero-order valence-corrected chi connectivity index (χ0v) is 11.5. The third kappa shape index (κ3) is 1.61. The molecule has 19 heavy (non-hydrogen) atoms. The van der Waals surface area contributed by atoms with E-state index in [1.165, 1.54) is 11.3 Å². The third-order valence-electron chi connectivity index (χ3n) is 3.63. The zero-order valence-electron chi connectivity index (χ0n) is 10.6. The molecular weight excluding hydrogens is 266 g/mol. The molecule has 2 heterocycles. The van der Waals surface area contributed by atoms with Crippen molar-refractivity contribution in [2.75, 3.05) is 4.90 Å². The number of barbiturate groups is 1. The Bertz CT molecular complexity index is 603. The van der Waals surface area contributed by atoms with E-state index in [4.69, 9.17) is 0 Å². The molecule has 1 aliphatic heterocycles. The van der Waals surface area contributed by atoms with Gasteiger partial charge in [-0.1, -0.05) is 6.92 Å². The SMILES string of the molecule is CCc1nc(N2C(=O)NC(=O)C3(CC3)C2=O)sc1C. The normalized spacial score (nSPS) is 20.9. The Morgan fingerprint density at radius 2 is 2.05 bits per heavy atom. The molecule has 1 aliphatic carbocycles. The second-order valence-corrected chi connectivity index (χ2v) is 6.02. The largest absolute Gasteiger partial charge is 0.337 e. The highest BCUT2D eigenvalue weighted by atomic mass is 32.1. The fourth-order valence-electron chi connectivity index (χ4n) is 2.25. The number of rotatable bonds is 2. The van der Waals surface area contributed by atoms with Crippen molar-refractivity contribution < 1.29 is 14.4 Å². The summed E-state index contributed by atoms with van der Waals surface area (Å²) in [5, 5.41) is 2.61. The summed E-state index contributed by atoms with van der Waals surface area (Å²) in [6.45, 7) is 3.88. The predicted octanol–water partition coefficient (Wildman–Crippen LogP) is 1.38. The lowest BCUT2D eigenvalue weighted by molar-refractivity contribution is -0.136. The van der Waals surface area contributed by atoms with Crippen LogP contribution in [0.3, 0.4) is 0 Å². The van der Waals surface area contributed by atoms with E-state index in [0.29, 0.717) is 18.0 Å². The highest BCUT2D eigenvalue weighted by Gasteiger charge is 2.63. The van der Waals surface area contributed by atoms with Gasteiger partial charge in [0.25, 0.3) is 5.91 Å².